The lowest BCUT2D eigenvalue weighted by atomic mass is 9.92. The van der Waals surface area contributed by atoms with Gasteiger partial charge in [0.1, 0.15) is 16.2 Å². The van der Waals surface area contributed by atoms with Gasteiger partial charge >= 0.3 is 6.09 Å². The van der Waals surface area contributed by atoms with E-state index in [1.165, 1.54) is 6.26 Å². The van der Waals surface area contributed by atoms with Crippen LogP contribution in [0.1, 0.15) is 46.2 Å². The molecule has 2 fully saturated rings. The second-order valence-electron chi connectivity index (χ2n) is 9.23. The maximum absolute atomic E-state index is 13.0. The van der Waals surface area contributed by atoms with Gasteiger partial charge in [0.15, 0.2) is 9.84 Å². The Morgan fingerprint density at radius 1 is 1.26 bits per heavy atom. The summed E-state index contributed by atoms with van der Waals surface area (Å²) in [6, 6.07) is 1.80. The first-order valence-corrected chi connectivity index (χ1v) is 12.7. The molecule has 3 rings (SSSR count). The van der Waals surface area contributed by atoms with Gasteiger partial charge in [0.25, 0.3) is 0 Å². The smallest absolute Gasteiger partial charge is 0.410 e. The molecule has 0 bridgehead atoms. The topological polar surface area (TPSA) is 102 Å². The molecule has 2 aliphatic heterocycles. The molecule has 31 heavy (non-hydrogen) atoms. The lowest BCUT2D eigenvalue weighted by Crippen LogP contribution is -2.50. The third kappa shape index (κ3) is 5.23. The Kier molecular flexibility index (Phi) is 6.74. The van der Waals surface area contributed by atoms with Gasteiger partial charge in [-0.1, -0.05) is 0 Å². The summed E-state index contributed by atoms with van der Waals surface area (Å²) >= 11 is 6.24. The number of ether oxygens (including phenoxy) is 2. The lowest BCUT2D eigenvalue weighted by Gasteiger charge is -2.41. The molecule has 0 radical (unpaired) electrons. The van der Waals surface area contributed by atoms with E-state index in [9.17, 15) is 13.2 Å². The molecular weight excluding hydrogens is 444 g/mol. The van der Waals surface area contributed by atoms with Crippen LogP contribution in [0.5, 0.6) is 0 Å². The van der Waals surface area contributed by atoms with Crippen molar-refractivity contribution in [1.82, 2.24) is 14.9 Å². The minimum absolute atomic E-state index is 0.00351. The molecule has 3 heterocycles. The number of amides is 1. The molecule has 174 valence electrons. The molecule has 2 saturated heterocycles. The zero-order valence-electron chi connectivity index (χ0n) is 18.7. The van der Waals surface area contributed by atoms with E-state index in [0.717, 1.165) is 0 Å². The fraction of sp³-hybridized carbons (Fsp3) is 0.750. The van der Waals surface area contributed by atoms with Crippen molar-refractivity contribution in [2.24, 2.45) is 0 Å². The SMILES string of the molecule is CC1COCCN1c1cc(C2(S(C)(=O)=O)CCN(C(=O)OC(C)(C)C)CC2)nc(Cl)n1. The van der Waals surface area contributed by atoms with Gasteiger partial charge in [-0.15, -0.1) is 0 Å². The number of halogens is 1. The summed E-state index contributed by atoms with van der Waals surface area (Å²) in [5.41, 5.74) is -0.251. The number of hydrogen-bond donors (Lipinski definition) is 0. The normalized spacial score (nSPS) is 22.3. The molecule has 1 aromatic rings. The van der Waals surface area contributed by atoms with Crippen LogP contribution >= 0.6 is 11.6 Å². The molecule has 1 aromatic heterocycles. The van der Waals surface area contributed by atoms with Crippen molar-refractivity contribution in [3.63, 3.8) is 0 Å². The molecule has 9 nitrogen and oxygen atoms in total. The number of carbonyl (C=O) groups is 1. The standard InChI is InChI=1S/C20H31ClN4O5S/c1-14-13-29-11-10-25(14)16-12-15(22-17(21)23-16)20(31(5,27)28)6-8-24(9-7-20)18(26)30-19(2,3)4/h12,14H,6-11,13H2,1-5H3. The van der Waals surface area contributed by atoms with Crippen LogP contribution in [-0.2, 0) is 24.1 Å². The first kappa shape index (κ1) is 24.0. The first-order chi connectivity index (χ1) is 14.3. The number of likely N-dealkylation sites (tertiary alicyclic amines) is 1. The summed E-state index contributed by atoms with van der Waals surface area (Å²) < 4.78 is 35.7. The molecule has 0 aromatic carbocycles. The molecular formula is C20H31ClN4O5S. The second kappa shape index (κ2) is 8.71. The largest absolute Gasteiger partial charge is 0.444 e. The summed E-state index contributed by atoms with van der Waals surface area (Å²) in [6.07, 6.45) is 1.18. The summed E-state index contributed by atoms with van der Waals surface area (Å²) in [4.78, 5) is 24.7. The van der Waals surface area contributed by atoms with E-state index in [0.29, 0.717) is 31.3 Å². The van der Waals surface area contributed by atoms with Crippen molar-refractivity contribution in [1.29, 1.82) is 0 Å². The number of rotatable bonds is 3. The average molecular weight is 475 g/mol. The predicted octanol–water partition coefficient (Wildman–Crippen LogP) is 2.63. The third-order valence-electron chi connectivity index (χ3n) is 5.75. The van der Waals surface area contributed by atoms with E-state index >= 15 is 0 Å². The van der Waals surface area contributed by atoms with E-state index < -0.39 is 26.3 Å². The van der Waals surface area contributed by atoms with Gasteiger partial charge in [0.05, 0.1) is 24.9 Å². The Bertz CT molecular complexity index is 926. The number of piperidine rings is 1. The maximum atomic E-state index is 13.0. The first-order valence-electron chi connectivity index (χ1n) is 10.4. The predicted molar refractivity (Wildman–Crippen MR) is 118 cm³/mol. The summed E-state index contributed by atoms with van der Waals surface area (Å²) in [7, 11) is -3.57. The summed E-state index contributed by atoms with van der Waals surface area (Å²) in [6.45, 7) is 9.64. The zero-order chi connectivity index (χ0) is 23.0. The van der Waals surface area contributed by atoms with Crippen LogP contribution in [0.4, 0.5) is 10.6 Å². The number of anilines is 1. The fourth-order valence-corrected chi connectivity index (χ4v) is 5.63. The molecule has 1 atom stereocenters. The Morgan fingerprint density at radius 3 is 2.45 bits per heavy atom. The highest BCUT2D eigenvalue weighted by Gasteiger charge is 2.48. The van der Waals surface area contributed by atoms with Crippen LogP contribution in [0.25, 0.3) is 0 Å². The number of morpholine rings is 1. The quantitative estimate of drug-likeness (QED) is 0.616. The van der Waals surface area contributed by atoms with Gasteiger partial charge in [0, 0.05) is 32.0 Å². The van der Waals surface area contributed by atoms with Crippen molar-refractivity contribution in [2.75, 3.05) is 44.0 Å². The van der Waals surface area contributed by atoms with Crippen LogP contribution in [0.2, 0.25) is 5.28 Å². The van der Waals surface area contributed by atoms with Crippen LogP contribution < -0.4 is 4.90 Å². The number of aromatic nitrogens is 2. The van der Waals surface area contributed by atoms with Crippen molar-refractivity contribution in [3.05, 3.63) is 17.0 Å². The average Bonchev–Trinajstić information content (AvgIpc) is 2.65. The monoisotopic (exact) mass is 474 g/mol. The van der Waals surface area contributed by atoms with E-state index in [1.807, 2.05) is 11.8 Å². The Hall–Kier alpha value is -1.65. The van der Waals surface area contributed by atoms with Gasteiger partial charge in [0.2, 0.25) is 5.28 Å². The fourth-order valence-electron chi connectivity index (χ4n) is 4.05. The van der Waals surface area contributed by atoms with Gasteiger partial charge in [-0.05, 0) is 52.1 Å². The summed E-state index contributed by atoms with van der Waals surface area (Å²) in [5, 5.41) is 0.00351. The van der Waals surface area contributed by atoms with Crippen LogP contribution in [0.3, 0.4) is 0 Å². The highest BCUT2D eigenvalue weighted by molar-refractivity contribution is 7.91. The molecule has 0 aliphatic carbocycles. The van der Waals surface area contributed by atoms with Crippen molar-refractivity contribution in [2.45, 2.75) is 56.9 Å². The molecule has 11 heteroatoms. The molecule has 1 unspecified atom stereocenters. The number of sulfone groups is 1. The summed E-state index contributed by atoms with van der Waals surface area (Å²) in [5.74, 6) is 0.586. The number of carbonyl (C=O) groups excluding carboxylic acids is 1. The lowest BCUT2D eigenvalue weighted by molar-refractivity contribution is 0.0191. The highest BCUT2D eigenvalue weighted by atomic mass is 35.5. The van der Waals surface area contributed by atoms with Crippen molar-refractivity contribution >= 4 is 33.3 Å². The molecule has 0 saturated carbocycles. The number of hydrogen-bond acceptors (Lipinski definition) is 8. The number of nitrogens with zero attached hydrogens (tertiary/aromatic N) is 4. The van der Waals surface area contributed by atoms with Crippen molar-refractivity contribution < 1.29 is 22.7 Å². The zero-order valence-corrected chi connectivity index (χ0v) is 20.3. The second-order valence-corrected chi connectivity index (χ2v) is 11.9. The maximum Gasteiger partial charge on any atom is 0.410 e. The van der Waals surface area contributed by atoms with Crippen molar-refractivity contribution in [3.8, 4) is 0 Å². The highest BCUT2D eigenvalue weighted by Crippen LogP contribution is 2.41. The van der Waals surface area contributed by atoms with Gasteiger partial charge in [-0.2, -0.15) is 0 Å². The van der Waals surface area contributed by atoms with Gasteiger partial charge in [-0.3, -0.25) is 0 Å². The van der Waals surface area contributed by atoms with E-state index in [1.54, 1.807) is 31.7 Å². The van der Waals surface area contributed by atoms with Crippen LogP contribution in [-0.4, -0.2) is 80.1 Å². The third-order valence-corrected chi connectivity index (χ3v) is 7.95. The molecule has 0 spiro atoms. The molecule has 1 amide bonds. The Morgan fingerprint density at radius 2 is 1.90 bits per heavy atom. The minimum Gasteiger partial charge on any atom is -0.444 e. The molecule has 0 N–H and O–H groups in total. The van der Waals surface area contributed by atoms with Crippen LogP contribution in [0, 0.1) is 0 Å². The Balaban J connectivity index is 1.92. The van der Waals surface area contributed by atoms with E-state index in [4.69, 9.17) is 21.1 Å². The van der Waals surface area contributed by atoms with E-state index in [-0.39, 0.29) is 37.3 Å². The van der Waals surface area contributed by atoms with E-state index in [2.05, 4.69) is 9.97 Å². The molecule has 2 aliphatic rings. The van der Waals surface area contributed by atoms with Gasteiger partial charge in [-0.25, -0.2) is 23.2 Å². The Labute approximate surface area is 189 Å². The van der Waals surface area contributed by atoms with Crippen LogP contribution in [0.15, 0.2) is 6.07 Å². The van der Waals surface area contributed by atoms with Gasteiger partial charge < -0.3 is 19.3 Å². The minimum atomic E-state index is -3.57.